The molecule has 0 fully saturated rings. The Morgan fingerprint density at radius 1 is 1.29 bits per heavy atom. The molecule has 1 aromatic heterocycles. The summed E-state index contributed by atoms with van der Waals surface area (Å²) in [7, 11) is 0. The van der Waals surface area contributed by atoms with E-state index in [1.165, 1.54) is 5.56 Å². The van der Waals surface area contributed by atoms with Crippen LogP contribution in [0, 0.1) is 6.92 Å². The zero-order chi connectivity index (χ0) is 12.3. The van der Waals surface area contributed by atoms with Gasteiger partial charge in [-0.05, 0) is 19.4 Å². The smallest absolute Gasteiger partial charge is 0.163 e. The first-order valence-electron chi connectivity index (χ1n) is 5.81. The molecule has 0 aliphatic carbocycles. The van der Waals surface area contributed by atoms with Crippen molar-refractivity contribution in [2.24, 2.45) is 0 Å². The zero-order valence-corrected chi connectivity index (χ0v) is 10.9. The number of aromatic nitrogens is 3. The van der Waals surface area contributed by atoms with Crippen molar-refractivity contribution in [1.82, 2.24) is 14.8 Å². The van der Waals surface area contributed by atoms with Gasteiger partial charge < -0.3 is 4.57 Å². The molecule has 3 nitrogen and oxygen atoms in total. The summed E-state index contributed by atoms with van der Waals surface area (Å²) in [5.41, 5.74) is 2.32. The Hall–Kier alpha value is -1.35. The van der Waals surface area contributed by atoms with E-state index >= 15 is 0 Å². The molecule has 0 atom stereocenters. The minimum absolute atomic E-state index is 0.402. The van der Waals surface area contributed by atoms with Crippen molar-refractivity contribution in [3.05, 3.63) is 35.7 Å². The molecular formula is C13H16ClN3. The van der Waals surface area contributed by atoms with Crippen LogP contribution < -0.4 is 0 Å². The molecule has 4 heteroatoms. The second kappa shape index (κ2) is 5.32. The molecule has 1 aromatic carbocycles. The van der Waals surface area contributed by atoms with Crippen molar-refractivity contribution in [2.75, 3.05) is 0 Å². The molecule has 0 spiro atoms. The molecule has 0 bridgehead atoms. The summed E-state index contributed by atoms with van der Waals surface area (Å²) in [4.78, 5) is 0. The average molecular weight is 250 g/mol. The molecule has 17 heavy (non-hydrogen) atoms. The first-order chi connectivity index (χ1) is 8.26. The van der Waals surface area contributed by atoms with Crippen LogP contribution in [0.3, 0.4) is 0 Å². The first-order valence-corrected chi connectivity index (χ1v) is 6.34. The van der Waals surface area contributed by atoms with Gasteiger partial charge in [0.1, 0.15) is 5.82 Å². The molecule has 0 saturated carbocycles. The monoisotopic (exact) mass is 249 g/mol. The van der Waals surface area contributed by atoms with E-state index in [2.05, 4.69) is 46.8 Å². The third kappa shape index (κ3) is 2.50. The number of aryl methyl sites for hydroxylation is 1. The summed E-state index contributed by atoms with van der Waals surface area (Å²) in [6.45, 7) is 5.11. The zero-order valence-electron chi connectivity index (χ0n) is 10.2. The van der Waals surface area contributed by atoms with Crippen molar-refractivity contribution in [3.8, 4) is 11.4 Å². The number of halogens is 1. The van der Waals surface area contributed by atoms with Crippen LogP contribution in [-0.2, 0) is 12.4 Å². The van der Waals surface area contributed by atoms with E-state index in [-0.39, 0.29) is 0 Å². The number of alkyl halides is 1. The molecular weight excluding hydrogens is 234 g/mol. The largest absolute Gasteiger partial charge is 0.310 e. The quantitative estimate of drug-likeness (QED) is 0.778. The molecule has 90 valence electrons. The highest BCUT2D eigenvalue weighted by atomic mass is 35.5. The lowest BCUT2D eigenvalue weighted by Crippen LogP contribution is -2.03. The Bertz CT molecular complexity index is 505. The summed E-state index contributed by atoms with van der Waals surface area (Å²) in [5, 5.41) is 8.39. The van der Waals surface area contributed by atoms with Gasteiger partial charge in [0.15, 0.2) is 5.82 Å². The van der Waals surface area contributed by atoms with E-state index in [1.54, 1.807) is 0 Å². The molecule has 0 amide bonds. The van der Waals surface area contributed by atoms with E-state index in [0.29, 0.717) is 5.88 Å². The Morgan fingerprint density at radius 3 is 2.76 bits per heavy atom. The van der Waals surface area contributed by atoms with Gasteiger partial charge in [-0.3, -0.25) is 0 Å². The van der Waals surface area contributed by atoms with Gasteiger partial charge in [0.25, 0.3) is 0 Å². The van der Waals surface area contributed by atoms with Crippen LogP contribution in [-0.4, -0.2) is 14.8 Å². The van der Waals surface area contributed by atoms with Crippen LogP contribution in [0.4, 0.5) is 0 Å². The number of hydrogen-bond donors (Lipinski definition) is 0. The molecule has 2 aromatic rings. The normalized spacial score (nSPS) is 10.8. The number of hydrogen-bond acceptors (Lipinski definition) is 2. The summed E-state index contributed by atoms with van der Waals surface area (Å²) in [6, 6.07) is 8.29. The van der Waals surface area contributed by atoms with Crippen LogP contribution in [0.5, 0.6) is 0 Å². The highest BCUT2D eigenvalue weighted by Crippen LogP contribution is 2.20. The lowest BCUT2D eigenvalue weighted by atomic mass is 10.1. The molecule has 0 aliphatic heterocycles. The summed E-state index contributed by atoms with van der Waals surface area (Å²) in [5.74, 6) is 2.15. The van der Waals surface area contributed by atoms with Crippen molar-refractivity contribution in [1.29, 1.82) is 0 Å². The third-order valence-electron chi connectivity index (χ3n) is 2.67. The van der Waals surface area contributed by atoms with Crippen LogP contribution in [0.1, 0.15) is 24.7 Å². The second-order valence-electron chi connectivity index (χ2n) is 4.09. The molecule has 0 aliphatic rings. The lowest BCUT2D eigenvalue weighted by molar-refractivity contribution is 0.659. The first kappa shape index (κ1) is 12.1. The van der Waals surface area contributed by atoms with E-state index in [9.17, 15) is 0 Å². The number of benzene rings is 1. The molecule has 0 N–H and O–H groups in total. The van der Waals surface area contributed by atoms with E-state index in [0.717, 1.165) is 30.2 Å². The van der Waals surface area contributed by atoms with Crippen LogP contribution in [0.25, 0.3) is 11.4 Å². The topological polar surface area (TPSA) is 30.7 Å². The highest BCUT2D eigenvalue weighted by Gasteiger charge is 2.12. The van der Waals surface area contributed by atoms with Crippen LogP contribution in [0.15, 0.2) is 24.3 Å². The van der Waals surface area contributed by atoms with Crippen LogP contribution in [0.2, 0.25) is 0 Å². The maximum Gasteiger partial charge on any atom is 0.163 e. The van der Waals surface area contributed by atoms with Crippen LogP contribution >= 0.6 is 11.6 Å². The molecule has 2 rings (SSSR count). The predicted octanol–water partition coefficient (Wildman–Crippen LogP) is 3.40. The minimum atomic E-state index is 0.402. The fraction of sp³-hybridized carbons (Fsp3) is 0.385. The van der Waals surface area contributed by atoms with Crippen molar-refractivity contribution in [2.45, 2.75) is 32.7 Å². The van der Waals surface area contributed by atoms with Gasteiger partial charge in [-0.15, -0.1) is 21.8 Å². The van der Waals surface area contributed by atoms with Gasteiger partial charge in [-0.2, -0.15) is 0 Å². The Morgan fingerprint density at radius 2 is 2.12 bits per heavy atom. The fourth-order valence-electron chi connectivity index (χ4n) is 1.89. The standard InChI is InChI=1S/C13H16ClN3/c1-3-7-17-12(9-14)15-16-13(17)11-6-4-5-10(2)8-11/h4-6,8H,3,7,9H2,1-2H3. The van der Waals surface area contributed by atoms with Gasteiger partial charge in [-0.1, -0.05) is 30.7 Å². The predicted molar refractivity (Wildman–Crippen MR) is 70.0 cm³/mol. The van der Waals surface area contributed by atoms with Crippen molar-refractivity contribution >= 4 is 11.6 Å². The highest BCUT2D eigenvalue weighted by molar-refractivity contribution is 6.16. The van der Waals surface area contributed by atoms with Gasteiger partial charge >= 0.3 is 0 Å². The maximum absolute atomic E-state index is 5.88. The van der Waals surface area contributed by atoms with Crippen molar-refractivity contribution in [3.63, 3.8) is 0 Å². The number of rotatable bonds is 4. The Balaban J connectivity index is 2.47. The fourth-order valence-corrected chi connectivity index (χ4v) is 2.09. The minimum Gasteiger partial charge on any atom is -0.310 e. The summed E-state index contributed by atoms with van der Waals surface area (Å²) < 4.78 is 2.10. The molecule has 0 unspecified atom stereocenters. The Labute approximate surface area is 106 Å². The molecule has 0 saturated heterocycles. The lowest BCUT2D eigenvalue weighted by Gasteiger charge is -2.08. The van der Waals surface area contributed by atoms with E-state index in [4.69, 9.17) is 11.6 Å². The van der Waals surface area contributed by atoms with E-state index < -0.39 is 0 Å². The van der Waals surface area contributed by atoms with Gasteiger partial charge in [0, 0.05) is 12.1 Å². The van der Waals surface area contributed by atoms with Gasteiger partial charge in [0.2, 0.25) is 0 Å². The SMILES string of the molecule is CCCn1c(CCl)nnc1-c1cccc(C)c1. The average Bonchev–Trinajstić information content (AvgIpc) is 2.72. The molecule has 1 heterocycles. The summed E-state index contributed by atoms with van der Waals surface area (Å²) >= 11 is 5.88. The number of nitrogens with zero attached hydrogens (tertiary/aromatic N) is 3. The second-order valence-corrected chi connectivity index (χ2v) is 4.36. The Kier molecular flexibility index (Phi) is 3.79. The maximum atomic E-state index is 5.88. The van der Waals surface area contributed by atoms with Gasteiger partial charge in [-0.25, -0.2) is 0 Å². The third-order valence-corrected chi connectivity index (χ3v) is 2.91. The van der Waals surface area contributed by atoms with E-state index in [1.807, 2.05) is 6.07 Å². The van der Waals surface area contributed by atoms with Crippen molar-refractivity contribution < 1.29 is 0 Å². The molecule has 0 radical (unpaired) electrons. The van der Waals surface area contributed by atoms with Gasteiger partial charge in [0.05, 0.1) is 5.88 Å². The summed E-state index contributed by atoms with van der Waals surface area (Å²) in [6.07, 6.45) is 1.04.